The Morgan fingerprint density at radius 3 is 2.52 bits per heavy atom. The van der Waals surface area contributed by atoms with Crippen LogP contribution in [0.5, 0.6) is 5.75 Å². The highest BCUT2D eigenvalue weighted by Crippen LogP contribution is 2.21. The molecule has 2 aromatic carbocycles. The van der Waals surface area contributed by atoms with E-state index in [4.69, 9.17) is 14.7 Å². The summed E-state index contributed by atoms with van der Waals surface area (Å²) in [6.45, 7) is 3.02. The first-order valence-corrected chi connectivity index (χ1v) is 9.00. The van der Waals surface area contributed by atoms with Crippen LogP contribution in [-0.4, -0.2) is 29.1 Å². The highest BCUT2D eigenvalue weighted by Gasteiger charge is 2.23. The minimum absolute atomic E-state index is 0.425. The summed E-state index contributed by atoms with van der Waals surface area (Å²) in [6.07, 6.45) is -0.255. The third-order valence-electron chi connectivity index (χ3n) is 4.19. The van der Waals surface area contributed by atoms with Crippen LogP contribution in [0.4, 0.5) is 5.69 Å². The Labute approximate surface area is 167 Å². The average Bonchev–Trinajstić information content (AvgIpc) is 2.74. The summed E-state index contributed by atoms with van der Waals surface area (Å²) in [7, 11) is 0. The van der Waals surface area contributed by atoms with Gasteiger partial charge < -0.3 is 14.8 Å². The molecule has 1 aromatic heterocycles. The van der Waals surface area contributed by atoms with Gasteiger partial charge in [0.25, 0.3) is 5.91 Å². The standard InChI is InChI=1S/C22H19N3O4/c1-14(21(26)25-20-7-3-6-19-18(20)5-4-12-24-19)29-22(27)15(2)28-17-10-8-16(13-23)9-11-17/h3-12,14-15H,1-2H3,(H,25,26). The number of benzene rings is 2. The molecular formula is C22H19N3O4. The Balaban J connectivity index is 1.59. The molecule has 3 rings (SSSR count). The lowest BCUT2D eigenvalue weighted by Gasteiger charge is -2.18. The maximum Gasteiger partial charge on any atom is 0.347 e. The molecule has 7 nitrogen and oxygen atoms in total. The van der Waals surface area contributed by atoms with Gasteiger partial charge in [-0.1, -0.05) is 6.07 Å². The largest absolute Gasteiger partial charge is 0.479 e. The lowest BCUT2D eigenvalue weighted by molar-refractivity contribution is -0.159. The van der Waals surface area contributed by atoms with Crippen molar-refractivity contribution in [3.8, 4) is 11.8 Å². The molecule has 1 N–H and O–H groups in total. The number of pyridine rings is 1. The fourth-order valence-electron chi connectivity index (χ4n) is 2.63. The molecule has 1 heterocycles. The van der Waals surface area contributed by atoms with Gasteiger partial charge in [0.05, 0.1) is 22.8 Å². The fraction of sp³-hybridized carbons (Fsp3) is 0.182. The van der Waals surface area contributed by atoms with E-state index in [1.165, 1.54) is 13.8 Å². The van der Waals surface area contributed by atoms with Crippen molar-refractivity contribution in [3.05, 3.63) is 66.4 Å². The van der Waals surface area contributed by atoms with E-state index < -0.39 is 24.1 Å². The molecule has 0 saturated heterocycles. The first kappa shape index (κ1) is 19.8. The Hall–Kier alpha value is -3.92. The number of rotatable bonds is 6. The number of hydrogen-bond acceptors (Lipinski definition) is 6. The number of carbonyl (C=O) groups is 2. The normalized spacial score (nSPS) is 12.4. The minimum Gasteiger partial charge on any atom is -0.479 e. The van der Waals surface area contributed by atoms with Crippen molar-refractivity contribution in [1.82, 2.24) is 4.98 Å². The SMILES string of the molecule is CC(OC(=O)C(C)Oc1ccc(C#N)cc1)C(=O)Nc1cccc2ncccc12. The van der Waals surface area contributed by atoms with Gasteiger partial charge in [0.2, 0.25) is 0 Å². The van der Waals surface area contributed by atoms with Crippen LogP contribution in [-0.2, 0) is 14.3 Å². The summed E-state index contributed by atoms with van der Waals surface area (Å²) in [5.41, 5.74) is 1.83. The number of nitrogens with zero attached hydrogens (tertiary/aromatic N) is 2. The second-order valence-electron chi connectivity index (χ2n) is 6.34. The number of amides is 1. The van der Waals surface area contributed by atoms with Crippen LogP contribution >= 0.6 is 0 Å². The highest BCUT2D eigenvalue weighted by molar-refractivity contribution is 6.02. The van der Waals surface area contributed by atoms with Gasteiger partial charge in [-0.25, -0.2) is 4.79 Å². The van der Waals surface area contributed by atoms with E-state index in [0.29, 0.717) is 17.0 Å². The number of hydrogen-bond donors (Lipinski definition) is 1. The molecule has 1 amide bonds. The zero-order valence-corrected chi connectivity index (χ0v) is 16.0. The number of nitrogens with one attached hydrogen (secondary N) is 1. The van der Waals surface area contributed by atoms with Gasteiger partial charge in [-0.15, -0.1) is 0 Å². The summed E-state index contributed by atoms with van der Waals surface area (Å²) >= 11 is 0. The van der Waals surface area contributed by atoms with Gasteiger partial charge in [0.1, 0.15) is 5.75 Å². The quantitative estimate of drug-likeness (QED) is 0.648. The van der Waals surface area contributed by atoms with Crippen molar-refractivity contribution in [3.63, 3.8) is 0 Å². The number of esters is 1. The molecule has 146 valence electrons. The molecule has 2 atom stereocenters. The number of aromatic nitrogens is 1. The predicted molar refractivity (Wildman–Crippen MR) is 107 cm³/mol. The van der Waals surface area contributed by atoms with Crippen LogP contribution in [0.25, 0.3) is 10.9 Å². The van der Waals surface area contributed by atoms with E-state index in [9.17, 15) is 9.59 Å². The average molecular weight is 389 g/mol. The van der Waals surface area contributed by atoms with Crippen molar-refractivity contribution in [2.75, 3.05) is 5.32 Å². The van der Waals surface area contributed by atoms with Crippen LogP contribution in [0.3, 0.4) is 0 Å². The summed E-state index contributed by atoms with van der Waals surface area (Å²) < 4.78 is 10.7. The number of anilines is 1. The van der Waals surface area contributed by atoms with Gasteiger partial charge >= 0.3 is 5.97 Å². The molecule has 0 spiro atoms. The monoisotopic (exact) mass is 389 g/mol. The van der Waals surface area contributed by atoms with E-state index >= 15 is 0 Å². The number of nitriles is 1. The van der Waals surface area contributed by atoms with Crippen LogP contribution in [0.15, 0.2) is 60.8 Å². The molecule has 0 fully saturated rings. The van der Waals surface area contributed by atoms with Gasteiger partial charge in [-0.05, 0) is 62.4 Å². The fourth-order valence-corrected chi connectivity index (χ4v) is 2.63. The first-order valence-electron chi connectivity index (χ1n) is 9.00. The zero-order valence-electron chi connectivity index (χ0n) is 16.0. The van der Waals surface area contributed by atoms with E-state index in [-0.39, 0.29) is 0 Å². The Morgan fingerprint density at radius 2 is 1.79 bits per heavy atom. The van der Waals surface area contributed by atoms with Crippen molar-refractivity contribution in [2.24, 2.45) is 0 Å². The lowest BCUT2D eigenvalue weighted by atomic mass is 10.2. The zero-order chi connectivity index (χ0) is 20.8. The molecule has 0 saturated carbocycles. The third-order valence-corrected chi connectivity index (χ3v) is 4.19. The second-order valence-corrected chi connectivity index (χ2v) is 6.34. The van der Waals surface area contributed by atoms with Crippen molar-refractivity contribution < 1.29 is 19.1 Å². The third kappa shape index (κ3) is 4.87. The summed E-state index contributed by atoms with van der Waals surface area (Å²) in [5, 5.41) is 12.4. The minimum atomic E-state index is -1.01. The molecule has 29 heavy (non-hydrogen) atoms. The van der Waals surface area contributed by atoms with Crippen molar-refractivity contribution in [2.45, 2.75) is 26.1 Å². The van der Waals surface area contributed by atoms with Crippen molar-refractivity contribution in [1.29, 1.82) is 5.26 Å². The molecule has 7 heteroatoms. The first-order chi connectivity index (χ1) is 14.0. The predicted octanol–water partition coefficient (Wildman–Crippen LogP) is 3.44. The molecule has 0 aliphatic carbocycles. The molecule has 0 radical (unpaired) electrons. The van der Waals surface area contributed by atoms with Gasteiger partial charge in [-0.3, -0.25) is 9.78 Å². The molecular weight excluding hydrogens is 370 g/mol. The topological polar surface area (TPSA) is 101 Å². The Kier molecular flexibility index (Phi) is 6.05. The van der Waals surface area contributed by atoms with Crippen LogP contribution in [0.1, 0.15) is 19.4 Å². The van der Waals surface area contributed by atoms with Gasteiger partial charge in [0, 0.05) is 11.6 Å². The molecule has 0 bridgehead atoms. The van der Waals surface area contributed by atoms with Crippen LogP contribution in [0, 0.1) is 11.3 Å². The number of ether oxygens (including phenoxy) is 2. The summed E-state index contributed by atoms with van der Waals surface area (Å²) in [6, 6.07) is 17.4. The molecule has 0 aliphatic rings. The Bertz CT molecular complexity index is 1070. The molecule has 0 aliphatic heterocycles. The highest BCUT2D eigenvalue weighted by atomic mass is 16.6. The maximum absolute atomic E-state index is 12.5. The lowest BCUT2D eigenvalue weighted by Crippen LogP contribution is -2.35. The van der Waals surface area contributed by atoms with Gasteiger partial charge in [0.15, 0.2) is 12.2 Å². The smallest absolute Gasteiger partial charge is 0.347 e. The van der Waals surface area contributed by atoms with E-state index in [1.54, 1.807) is 48.7 Å². The van der Waals surface area contributed by atoms with E-state index in [0.717, 1.165) is 10.9 Å². The summed E-state index contributed by atoms with van der Waals surface area (Å²) in [4.78, 5) is 29.0. The van der Waals surface area contributed by atoms with Crippen molar-refractivity contribution >= 4 is 28.5 Å². The number of carbonyl (C=O) groups excluding carboxylic acids is 2. The Morgan fingerprint density at radius 1 is 1.03 bits per heavy atom. The van der Waals surface area contributed by atoms with Gasteiger partial charge in [-0.2, -0.15) is 5.26 Å². The molecule has 3 aromatic rings. The van der Waals surface area contributed by atoms with E-state index in [2.05, 4.69) is 10.3 Å². The number of fused-ring (bicyclic) bond motifs is 1. The van der Waals surface area contributed by atoms with Crippen LogP contribution in [0.2, 0.25) is 0 Å². The molecule has 2 unspecified atom stereocenters. The van der Waals surface area contributed by atoms with Crippen LogP contribution < -0.4 is 10.1 Å². The van der Waals surface area contributed by atoms with E-state index in [1.807, 2.05) is 18.2 Å². The maximum atomic E-state index is 12.5. The summed E-state index contributed by atoms with van der Waals surface area (Å²) in [5.74, 6) is -0.703. The second kappa shape index (κ2) is 8.85.